The minimum absolute atomic E-state index is 0.0128. The standard InChI is InChI=1S/C28H36N8O/c1-34-18-22(17-33-34)21-6-4-7-23(16-21)28(9-5-12-29)10-13-35(14-11-28)26-25-27(31-19-30-26)36(20-32-25)24-8-2-3-15-37-24/h4,6-7,16-20,24H,2-3,5,8-15,29H2,1H3. The largest absolute Gasteiger partial charge is 0.358 e. The fourth-order valence-corrected chi connectivity index (χ4v) is 6.09. The molecule has 1 unspecified atom stereocenters. The van der Waals surface area contributed by atoms with Crippen LogP contribution in [0.15, 0.2) is 49.3 Å². The van der Waals surface area contributed by atoms with Gasteiger partial charge in [0.2, 0.25) is 0 Å². The van der Waals surface area contributed by atoms with Gasteiger partial charge in [0.1, 0.15) is 12.6 Å². The summed E-state index contributed by atoms with van der Waals surface area (Å²) in [6.07, 6.45) is 15.0. The SMILES string of the molecule is Cn1cc(-c2cccc(C3(CCCN)CCN(c4ncnc5c4ncn5C4CCCCO4)CC3)c2)cn1. The monoisotopic (exact) mass is 500 g/mol. The molecule has 2 saturated heterocycles. The van der Waals surface area contributed by atoms with Crippen LogP contribution in [0.4, 0.5) is 5.82 Å². The van der Waals surface area contributed by atoms with Gasteiger partial charge in [-0.3, -0.25) is 9.25 Å². The molecule has 9 nitrogen and oxygen atoms in total. The first-order valence-electron chi connectivity index (χ1n) is 13.5. The molecule has 0 spiro atoms. The first-order chi connectivity index (χ1) is 18.2. The van der Waals surface area contributed by atoms with Crippen molar-refractivity contribution in [2.24, 2.45) is 12.8 Å². The highest BCUT2D eigenvalue weighted by atomic mass is 16.5. The van der Waals surface area contributed by atoms with Crippen LogP contribution in [-0.2, 0) is 17.2 Å². The van der Waals surface area contributed by atoms with E-state index in [1.54, 1.807) is 6.33 Å². The Bertz CT molecular complexity index is 1350. The second-order valence-corrected chi connectivity index (χ2v) is 10.5. The molecule has 3 aromatic heterocycles. The van der Waals surface area contributed by atoms with Crippen LogP contribution in [0.2, 0.25) is 0 Å². The van der Waals surface area contributed by atoms with Crippen LogP contribution < -0.4 is 10.6 Å². The lowest BCUT2D eigenvalue weighted by atomic mass is 9.69. The van der Waals surface area contributed by atoms with Crippen molar-refractivity contribution in [1.29, 1.82) is 0 Å². The molecule has 0 radical (unpaired) electrons. The van der Waals surface area contributed by atoms with Gasteiger partial charge in [0.05, 0.1) is 12.5 Å². The van der Waals surface area contributed by atoms with Crippen LogP contribution in [0, 0.1) is 0 Å². The number of rotatable bonds is 7. The third kappa shape index (κ3) is 4.62. The van der Waals surface area contributed by atoms with Crippen molar-refractivity contribution in [3.63, 3.8) is 0 Å². The van der Waals surface area contributed by atoms with E-state index in [1.807, 2.05) is 24.3 Å². The number of nitrogens with two attached hydrogens (primary N) is 1. The molecule has 9 heteroatoms. The summed E-state index contributed by atoms with van der Waals surface area (Å²) >= 11 is 0. The molecule has 194 valence electrons. The Hall–Kier alpha value is -3.30. The molecule has 1 aromatic carbocycles. The van der Waals surface area contributed by atoms with E-state index < -0.39 is 0 Å². The maximum Gasteiger partial charge on any atom is 0.167 e. The van der Waals surface area contributed by atoms with Gasteiger partial charge in [-0.1, -0.05) is 24.3 Å². The highest BCUT2D eigenvalue weighted by molar-refractivity contribution is 5.83. The van der Waals surface area contributed by atoms with Crippen LogP contribution in [0.25, 0.3) is 22.3 Å². The van der Waals surface area contributed by atoms with Gasteiger partial charge in [-0.25, -0.2) is 15.0 Å². The quantitative estimate of drug-likeness (QED) is 0.406. The summed E-state index contributed by atoms with van der Waals surface area (Å²) < 4.78 is 9.94. The van der Waals surface area contributed by atoms with Crippen LogP contribution in [0.5, 0.6) is 0 Å². The van der Waals surface area contributed by atoms with Crippen molar-refractivity contribution in [3.05, 3.63) is 54.9 Å². The zero-order valence-electron chi connectivity index (χ0n) is 21.6. The lowest BCUT2D eigenvalue weighted by molar-refractivity contribution is -0.0298. The fourth-order valence-electron chi connectivity index (χ4n) is 6.09. The van der Waals surface area contributed by atoms with Gasteiger partial charge in [-0.15, -0.1) is 0 Å². The van der Waals surface area contributed by atoms with Crippen molar-refractivity contribution < 1.29 is 4.74 Å². The number of hydrogen-bond acceptors (Lipinski definition) is 7. The Morgan fingerprint density at radius 1 is 1.11 bits per heavy atom. The van der Waals surface area contributed by atoms with Crippen molar-refractivity contribution in [3.8, 4) is 11.1 Å². The number of anilines is 1. The van der Waals surface area contributed by atoms with E-state index >= 15 is 0 Å². The molecule has 5 heterocycles. The first-order valence-corrected chi connectivity index (χ1v) is 13.5. The van der Waals surface area contributed by atoms with Gasteiger partial charge in [0.25, 0.3) is 0 Å². The summed E-state index contributed by atoms with van der Waals surface area (Å²) in [5, 5.41) is 4.37. The van der Waals surface area contributed by atoms with Gasteiger partial charge >= 0.3 is 0 Å². The van der Waals surface area contributed by atoms with E-state index in [-0.39, 0.29) is 11.6 Å². The Morgan fingerprint density at radius 3 is 2.76 bits per heavy atom. The van der Waals surface area contributed by atoms with E-state index in [0.717, 1.165) is 80.8 Å². The van der Waals surface area contributed by atoms with Crippen LogP contribution in [-0.4, -0.2) is 55.5 Å². The zero-order chi connectivity index (χ0) is 25.2. The molecule has 4 aromatic rings. The summed E-state index contributed by atoms with van der Waals surface area (Å²) in [5.74, 6) is 0.927. The van der Waals surface area contributed by atoms with E-state index in [0.29, 0.717) is 6.54 Å². The molecule has 2 aliphatic heterocycles. The molecule has 0 saturated carbocycles. The van der Waals surface area contributed by atoms with Crippen LogP contribution in [0.1, 0.15) is 56.7 Å². The van der Waals surface area contributed by atoms with Gasteiger partial charge in [-0.05, 0) is 68.0 Å². The molecule has 0 bridgehead atoms. The topological polar surface area (TPSA) is 99.9 Å². The Kier molecular flexibility index (Phi) is 6.65. The Balaban J connectivity index is 1.26. The maximum absolute atomic E-state index is 6.01. The minimum Gasteiger partial charge on any atom is -0.358 e. The number of nitrogens with zero attached hydrogens (tertiary/aromatic N) is 7. The second-order valence-electron chi connectivity index (χ2n) is 10.5. The van der Waals surface area contributed by atoms with Crippen LogP contribution in [0.3, 0.4) is 0 Å². The summed E-state index contributed by atoms with van der Waals surface area (Å²) in [5.41, 5.74) is 11.6. The van der Waals surface area contributed by atoms with E-state index in [9.17, 15) is 0 Å². The Morgan fingerprint density at radius 2 is 2.00 bits per heavy atom. The predicted octanol–water partition coefficient (Wildman–Crippen LogP) is 4.20. The number of aryl methyl sites for hydroxylation is 1. The molecule has 2 N–H and O–H groups in total. The zero-order valence-corrected chi connectivity index (χ0v) is 21.6. The van der Waals surface area contributed by atoms with Gasteiger partial charge in [-0.2, -0.15) is 5.10 Å². The number of hydrogen-bond donors (Lipinski definition) is 1. The third-order valence-corrected chi connectivity index (χ3v) is 8.20. The number of ether oxygens (including phenoxy) is 1. The number of imidazole rings is 1. The predicted molar refractivity (Wildman–Crippen MR) is 144 cm³/mol. The van der Waals surface area contributed by atoms with E-state index in [2.05, 4.69) is 50.0 Å². The van der Waals surface area contributed by atoms with Crippen molar-refractivity contribution in [2.45, 2.75) is 56.6 Å². The van der Waals surface area contributed by atoms with Crippen molar-refractivity contribution >= 4 is 17.0 Å². The van der Waals surface area contributed by atoms with Crippen LogP contribution >= 0.6 is 0 Å². The van der Waals surface area contributed by atoms with Crippen molar-refractivity contribution in [2.75, 3.05) is 31.1 Å². The molecule has 2 fully saturated rings. The molecule has 1 atom stereocenters. The maximum atomic E-state index is 6.01. The molecule has 0 aliphatic carbocycles. The molecule has 37 heavy (non-hydrogen) atoms. The summed E-state index contributed by atoms with van der Waals surface area (Å²) in [4.78, 5) is 16.4. The summed E-state index contributed by atoms with van der Waals surface area (Å²) in [6.45, 7) is 3.34. The molecule has 0 amide bonds. The lowest BCUT2D eigenvalue weighted by Gasteiger charge is -2.43. The molecular formula is C28H36N8O. The van der Waals surface area contributed by atoms with Gasteiger partial charge in [0, 0.05) is 38.5 Å². The highest BCUT2D eigenvalue weighted by Gasteiger charge is 2.37. The van der Waals surface area contributed by atoms with E-state index in [4.69, 9.17) is 20.4 Å². The fraction of sp³-hybridized carbons (Fsp3) is 0.500. The highest BCUT2D eigenvalue weighted by Crippen LogP contribution is 2.42. The number of fused-ring (bicyclic) bond motifs is 1. The summed E-state index contributed by atoms with van der Waals surface area (Å²) in [6, 6.07) is 9.01. The summed E-state index contributed by atoms with van der Waals surface area (Å²) in [7, 11) is 1.96. The smallest absolute Gasteiger partial charge is 0.167 e. The average Bonchev–Trinajstić information content (AvgIpc) is 3.59. The number of piperidine rings is 1. The molecule has 6 rings (SSSR count). The van der Waals surface area contributed by atoms with Gasteiger partial charge < -0.3 is 15.4 Å². The third-order valence-electron chi connectivity index (χ3n) is 8.20. The second kappa shape index (κ2) is 10.2. The lowest BCUT2D eigenvalue weighted by Crippen LogP contribution is -2.43. The molecule has 2 aliphatic rings. The first kappa shape index (κ1) is 24.1. The normalized spacial score (nSPS) is 19.9. The molecular weight excluding hydrogens is 464 g/mol. The Labute approximate surface area is 217 Å². The number of benzene rings is 1. The van der Waals surface area contributed by atoms with E-state index in [1.165, 1.54) is 17.5 Å². The van der Waals surface area contributed by atoms with Gasteiger partial charge in [0.15, 0.2) is 17.0 Å². The minimum atomic E-state index is 0.0128. The number of aromatic nitrogens is 6. The van der Waals surface area contributed by atoms with Crippen molar-refractivity contribution in [1.82, 2.24) is 29.3 Å². The average molecular weight is 501 g/mol.